The average Bonchev–Trinajstić information content (AvgIpc) is 3.18. The second kappa shape index (κ2) is 10.2. The van der Waals surface area contributed by atoms with Gasteiger partial charge < -0.3 is 10.0 Å². The number of thiazole rings is 1. The number of hydrogen-bond donors (Lipinski definition) is 1. The molecule has 0 fully saturated rings. The molecule has 2 aromatic heterocycles. The van der Waals surface area contributed by atoms with Crippen LogP contribution < -0.4 is 4.90 Å². The number of aryl methyl sites for hydroxylation is 1. The minimum absolute atomic E-state index is 0.156. The summed E-state index contributed by atoms with van der Waals surface area (Å²) < 4.78 is 0. The van der Waals surface area contributed by atoms with E-state index >= 15 is 0 Å². The molecule has 1 amide bonds. The van der Waals surface area contributed by atoms with E-state index in [9.17, 15) is 9.90 Å². The van der Waals surface area contributed by atoms with Crippen LogP contribution in [0.2, 0.25) is 0 Å². The van der Waals surface area contributed by atoms with Crippen molar-refractivity contribution in [2.24, 2.45) is 0 Å². The van der Waals surface area contributed by atoms with Gasteiger partial charge in [0.15, 0.2) is 0 Å². The van der Waals surface area contributed by atoms with Crippen molar-refractivity contribution in [2.75, 3.05) is 4.90 Å². The summed E-state index contributed by atoms with van der Waals surface area (Å²) in [6, 6.07) is 12.5. The first-order valence-corrected chi connectivity index (χ1v) is 11.1. The van der Waals surface area contributed by atoms with Crippen LogP contribution in [0.25, 0.3) is 6.08 Å². The van der Waals surface area contributed by atoms with E-state index in [0.29, 0.717) is 17.9 Å². The second-order valence-corrected chi connectivity index (χ2v) is 8.18. The zero-order valence-electron chi connectivity index (χ0n) is 17.6. The highest BCUT2D eigenvalue weighted by Crippen LogP contribution is 2.23. The van der Waals surface area contributed by atoms with Crippen molar-refractivity contribution in [1.29, 1.82) is 0 Å². The molecule has 0 radical (unpaired) electrons. The lowest BCUT2D eigenvalue weighted by Crippen LogP contribution is -2.31. The molecule has 6 heteroatoms. The molecule has 0 aliphatic heterocycles. The summed E-state index contributed by atoms with van der Waals surface area (Å²) >= 11 is 1.45. The van der Waals surface area contributed by atoms with Crippen LogP contribution in [0.15, 0.2) is 53.4 Å². The van der Waals surface area contributed by atoms with Crippen molar-refractivity contribution in [3.63, 3.8) is 0 Å². The Hall–Kier alpha value is -2.99. The van der Waals surface area contributed by atoms with Crippen molar-refractivity contribution in [2.45, 2.75) is 46.6 Å². The number of amides is 1. The zero-order valence-corrected chi connectivity index (χ0v) is 18.4. The molecule has 156 valence electrons. The molecule has 0 atom stereocenters. The quantitative estimate of drug-likeness (QED) is 0.485. The van der Waals surface area contributed by atoms with Crippen molar-refractivity contribution < 1.29 is 9.90 Å². The SMILES string of the molecule is CCC/C(=C/c1cccc(CN(C(=O)c2csc(C)n2)c2ccc(O)cc2)n1)CC. The fourth-order valence-electron chi connectivity index (χ4n) is 3.22. The van der Waals surface area contributed by atoms with Gasteiger partial charge in [-0.15, -0.1) is 11.3 Å². The summed E-state index contributed by atoms with van der Waals surface area (Å²) in [6.07, 6.45) is 5.31. The third kappa shape index (κ3) is 5.54. The Kier molecular flexibility index (Phi) is 7.36. The lowest BCUT2D eigenvalue weighted by atomic mass is 10.1. The molecule has 3 aromatic rings. The number of anilines is 1. The highest BCUT2D eigenvalue weighted by Gasteiger charge is 2.21. The maximum absolute atomic E-state index is 13.2. The lowest BCUT2D eigenvalue weighted by Gasteiger charge is -2.22. The van der Waals surface area contributed by atoms with Crippen LogP contribution in [0, 0.1) is 6.92 Å². The van der Waals surface area contributed by atoms with Gasteiger partial charge >= 0.3 is 0 Å². The molecule has 0 unspecified atom stereocenters. The highest BCUT2D eigenvalue weighted by molar-refractivity contribution is 7.09. The molecule has 2 heterocycles. The van der Waals surface area contributed by atoms with E-state index in [1.54, 1.807) is 34.5 Å². The summed E-state index contributed by atoms with van der Waals surface area (Å²) in [5.41, 5.74) is 4.17. The summed E-state index contributed by atoms with van der Waals surface area (Å²) in [6.45, 7) is 6.53. The largest absolute Gasteiger partial charge is 0.508 e. The number of phenolic OH excluding ortho intramolecular Hbond substituents is 1. The normalized spacial score (nSPS) is 11.5. The number of carbonyl (C=O) groups excluding carboxylic acids is 1. The van der Waals surface area contributed by atoms with E-state index < -0.39 is 0 Å². The smallest absolute Gasteiger partial charge is 0.278 e. The number of phenols is 1. The zero-order chi connectivity index (χ0) is 21.5. The van der Waals surface area contributed by atoms with Gasteiger partial charge in [-0.25, -0.2) is 4.98 Å². The molecule has 3 rings (SSSR count). The van der Waals surface area contributed by atoms with E-state index in [1.165, 1.54) is 16.9 Å². The van der Waals surface area contributed by atoms with Crippen molar-refractivity contribution in [1.82, 2.24) is 9.97 Å². The summed E-state index contributed by atoms with van der Waals surface area (Å²) in [5, 5.41) is 12.3. The maximum atomic E-state index is 13.2. The first-order valence-electron chi connectivity index (χ1n) is 10.2. The number of rotatable bonds is 8. The number of allylic oxidation sites excluding steroid dienone is 1. The summed E-state index contributed by atoms with van der Waals surface area (Å²) in [4.78, 5) is 24.0. The van der Waals surface area contributed by atoms with Crippen molar-refractivity contribution in [3.8, 4) is 5.75 Å². The highest BCUT2D eigenvalue weighted by atomic mass is 32.1. The Morgan fingerprint density at radius 2 is 1.90 bits per heavy atom. The Morgan fingerprint density at radius 1 is 1.13 bits per heavy atom. The number of benzene rings is 1. The van der Waals surface area contributed by atoms with Gasteiger partial charge in [0, 0.05) is 11.1 Å². The standard InChI is InChI=1S/C24H27N3O2S/c1-4-7-18(5-2)14-19-8-6-9-20(26-19)15-27(21-10-12-22(28)13-11-21)24(29)23-16-30-17(3)25-23/h6,8-14,16,28H,4-5,7,15H2,1-3H3/b18-14+. The van der Waals surface area contributed by atoms with Gasteiger partial charge in [0.05, 0.1) is 22.9 Å². The van der Waals surface area contributed by atoms with Gasteiger partial charge in [0.1, 0.15) is 11.4 Å². The first-order chi connectivity index (χ1) is 14.5. The van der Waals surface area contributed by atoms with Crippen molar-refractivity contribution in [3.05, 3.63) is 75.5 Å². The number of aromatic hydroxyl groups is 1. The maximum Gasteiger partial charge on any atom is 0.278 e. The molecule has 0 aliphatic carbocycles. The third-order valence-electron chi connectivity index (χ3n) is 4.77. The van der Waals surface area contributed by atoms with E-state index in [4.69, 9.17) is 4.98 Å². The lowest BCUT2D eigenvalue weighted by molar-refractivity contribution is 0.0980. The van der Waals surface area contributed by atoms with E-state index in [2.05, 4.69) is 24.9 Å². The van der Waals surface area contributed by atoms with E-state index in [0.717, 1.165) is 35.7 Å². The van der Waals surface area contributed by atoms with Crippen LogP contribution in [-0.2, 0) is 6.54 Å². The molecule has 1 aromatic carbocycles. The number of aromatic nitrogens is 2. The first kappa shape index (κ1) is 21.7. The molecule has 5 nitrogen and oxygen atoms in total. The topological polar surface area (TPSA) is 66.3 Å². The molecule has 0 saturated carbocycles. The van der Waals surface area contributed by atoms with E-state index in [-0.39, 0.29) is 11.7 Å². The predicted molar refractivity (Wildman–Crippen MR) is 123 cm³/mol. The predicted octanol–water partition coefficient (Wildman–Crippen LogP) is 5.99. The molecule has 0 bridgehead atoms. The molecule has 0 spiro atoms. The summed E-state index contributed by atoms with van der Waals surface area (Å²) in [7, 11) is 0. The fraction of sp³-hybridized carbons (Fsp3) is 0.292. The molecule has 0 saturated heterocycles. The van der Waals surface area contributed by atoms with Gasteiger partial charge in [-0.1, -0.05) is 31.9 Å². The minimum atomic E-state index is -0.187. The van der Waals surface area contributed by atoms with Gasteiger partial charge in [-0.3, -0.25) is 9.78 Å². The van der Waals surface area contributed by atoms with Crippen LogP contribution in [0.3, 0.4) is 0 Å². The summed E-state index contributed by atoms with van der Waals surface area (Å²) in [5.74, 6) is -0.0306. The Labute approximate surface area is 181 Å². The van der Waals surface area contributed by atoms with Crippen LogP contribution in [0.4, 0.5) is 5.69 Å². The van der Waals surface area contributed by atoms with Crippen LogP contribution in [0.5, 0.6) is 5.75 Å². The second-order valence-electron chi connectivity index (χ2n) is 7.12. The number of carbonyl (C=O) groups is 1. The molecule has 1 N–H and O–H groups in total. The van der Waals surface area contributed by atoms with Crippen LogP contribution >= 0.6 is 11.3 Å². The molecular weight excluding hydrogens is 394 g/mol. The van der Waals surface area contributed by atoms with Crippen LogP contribution in [-0.4, -0.2) is 21.0 Å². The average molecular weight is 422 g/mol. The molecule has 30 heavy (non-hydrogen) atoms. The fourth-order valence-corrected chi connectivity index (χ4v) is 3.81. The molecular formula is C24H27N3O2S. The van der Waals surface area contributed by atoms with Gasteiger partial charge in [-0.05, 0) is 62.2 Å². The van der Waals surface area contributed by atoms with Gasteiger partial charge in [0.25, 0.3) is 5.91 Å². The van der Waals surface area contributed by atoms with Gasteiger partial charge in [-0.2, -0.15) is 0 Å². The monoisotopic (exact) mass is 421 g/mol. The number of nitrogens with zero attached hydrogens (tertiary/aromatic N) is 3. The van der Waals surface area contributed by atoms with E-state index in [1.807, 2.05) is 25.1 Å². The number of pyridine rings is 1. The Bertz CT molecular complexity index is 1020. The van der Waals surface area contributed by atoms with Crippen molar-refractivity contribution >= 4 is 29.0 Å². The van der Waals surface area contributed by atoms with Gasteiger partial charge in [0.2, 0.25) is 0 Å². The minimum Gasteiger partial charge on any atom is -0.508 e. The van der Waals surface area contributed by atoms with Crippen LogP contribution in [0.1, 0.15) is 60.0 Å². The Balaban J connectivity index is 1.92. The molecule has 0 aliphatic rings. The number of hydrogen-bond acceptors (Lipinski definition) is 5. The third-order valence-corrected chi connectivity index (χ3v) is 5.54. The Morgan fingerprint density at radius 3 is 2.53 bits per heavy atom.